The molecular formula is C20H17FN2O2S2. The molecule has 0 saturated carbocycles. The highest BCUT2D eigenvalue weighted by atomic mass is 32.2. The zero-order chi connectivity index (χ0) is 19.2. The molecule has 0 amide bonds. The van der Waals surface area contributed by atoms with Gasteiger partial charge in [0.1, 0.15) is 10.8 Å². The van der Waals surface area contributed by atoms with E-state index in [1.807, 2.05) is 37.3 Å². The minimum absolute atomic E-state index is 0.107. The van der Waals surface area contributed by atoms with Gasteiger partial charge >= 0.3 is 0 Å². The summed E-state index contributed by atoms with van der Waals surface area (Å²) in [4.78, 5) is 32.9. The van der Waals surface area contributed by atoms with Gasteiger partial charge in [-0.05, 0) is 42.8 Å². The predicted molar refractivity (Wildman–Crippen MR) is 106 cm³/mol. The standard InChI is InChI=1S/C20H17FN2O2S2/c1-2-16-18(25)22-20(23-19(16)27-15-6-4-3-5-7-15)26-12-17(24)13-8-10-14(21)11-9-13/h3-11H,2,12H2,1H3,(H,22,23,25). The van der Waals surface area contributed by atoms with Crippen LogP contribution in [0.4, 0.5) is 4.39 Å². The van der Waals surface area contributed by atoms with Crippen molar-refractivity contribution in [2.75, 3.05) is 5.75 Å². The molecule has 0 atom stereocenters. The number of ketones is 1. The van der Waals surface area contributed by atoms with Gasteiger partial charge in [0.25, 0.3) is 5.56 Å². The Morgan fingerprint density at radius 3 is 2.48 bits per heavy atom. The highest BCUT2D eigenvalue weighted by Crippen LogP contribution is 2.29. The van der Waals surface area contributed by atoms with Crippen LogP contribution in [0.3, 0.4) is 0 Å². The van der Waals surface area contributed by atoms with Gasteiger partial charge in [0.15, 0.2) is 10.9 Å². The van der Waals surface area contributed by atoms with E-state index in [2.05, 4.69) is 9.97 Å². The number of nitrogens with zero attached hydrogens (tertiary/aromatic N) is 1. The topological polar surface area (TPSA) is 62.8 Å². The smallest absolute Gasteiger partial charge is 0.255 e. The molecule has 0 aliphatic heterocycles. The number of aromatic nitrogens is 2. The molecular weight excluding hydrogens is 383 g/mol. The average Bonchev–Trinajstić information content (AvgIpc) is 2.67. The zero-order valence-corrected chi connectivity index (χ0v) is 16.2. The van der Waals surface area contributed by atoms with E-state index in [4.69, 9.17) is 0 Å². The number of aromatic amines is 1. The second kappa shape index (κ2) is 9.01. The molecule has 1 N–H and O–H groups in total. The number of hydrogen-bond acceptors (Lipinski definition) is 5. The summed E-state index contributed by atoms with van der Waals surface area (Å²) in [6.07, 6.45) is 0.566. The summed E-state index contributed by atoms with van der Waals surface area (Å²) in [6, 6.07) is 15.1. The van der Waals surface area contributed by atoms with Gasteiger partial charge in [0, 0.05) is 16.0 Å². The first-order chi connectivity index (χ1) is 13.1. The minimum atomic E-state index is -0.386. The Balaban J connectivity index is 1.78. The monoisotopic (exact) mass is 400 g/mol. The van der Waals surface area contributed by atoms with Crippen LogP contribution in [-0.4, -0.2) is 21.5 Å². The molecule has 0 aliphatic carbocycles. The Kier molecular flexibility index (Phi) is 6.47. The van der Waals surface area contributed by atoms with E-state index in [9.17, 15) is 14.0 Å². The molecule has 27 heavy (non-hydrogen) atoms. The second-order valence-electron chi connectivity index (χ2n) is 5.64. The van der Waals surface area contributed by atoms with Crippen molar-refractivity contribution in [2.24, 2.45) is 0 Å². The van der Waals surface area contributed by atoms with Crippen LogP contribution in [0.15, 0.2) is 74.5 Å². The number of Topliss-reactive ketones (excluding diaryl/α,β-unsaturated/α-hetero) is 1. The first-order valence-corrected chi connectivity index (χ1v) is 10.1. The first kappa shape index (κ1) is 19.4. The summed E-state index contributed by atoms with van der Waals surface area (Å²) in [5.41, 5.74) is 0.857. The third-order valence-corrected chi connectivity index (χ3v) is 5.69. The molecule has 0 saturated heterocycles. The summed E-state index contributed by atoms with van der Waals surface area (Å²) >= 11 is 2.59. The number of carbonyl (C=O) groups excluding carboxylic acids is 1. The van der Waals surface area contributed by atoms with Gasteiger partial charge < -0.3 is 4.98 Å². The van der Waals surface area contributed by atoms with Crippen LogP contribution in [0.2, 0.25) is 0 Å². The maximum absolute atomic E-state index is 13.0. The molecule has 0 fully saturated rings. The van der Waals surface area contributed by atoms with E-state index in [-0.39, 0.29) is 22.9 Å². The Morgan fingerprint density at radius 2 is 1.81 bits per heavy atom. The number of benzene rings is 2. The average molecular weight is 401 g/mol. The van der Waals surface area contributed by atoms with Crippen LogP contribution in [-0.2, 0) is 6.42 Å². The minimum Gasteiger partial charge on any atom is -0.301 e. The summed E-state index contributed by atoms with van der Waals surface area (Å²) < 4.78 is 13.0. The molecule has 1 heterocycles. The van der Waals surface area contributed by atoms with E-state index in [0.29, 0.717) is 27.7 Å². The van der Waals surface area contributed by atoms with Gasteiger partial charge in [0.05, 0.1) is 5.75 Å². The quantitative estimate of drug-likeness (QED) is 0.272. The second-order valence-corrected chi connectivity index (χ2v) is 7.67. The van der Waals surface area contributed by atoms with Crippen LogP contribution in [0, 0.1) is 5.82 Å². The van der Waals surface area contributed by atoms with Crippen molar-refractivity contribution in [3.63, 3.8) is 0 Å². The highest BCUT2D eigenvalue weighted by Gasteiger charge is 2.14. The molecule has 4 nitrogen and oxygen atoms in total. The van der Waals surface area contributed by atoms with Crippen molar-refractivity contribution >= 4 is 29.3 Å². The maximum atomic E-state index is 13.0. The van der Waals surface area contributed by atoms with E-state index in [1.54, 1.807) is 0 Å². The van der Waals surface area contributed by atoms with E-state index in [0.717, 1.165) is 16.7 Å². The zero-order valence-electron chi connectivity index (χ0n) is 14.6. The van der Waals surface area contributed by atoms with Gasteiger partial charge in [-0.1, -0.05) is 48.6 Å². The van der Waals surface area contributed by atoms with Crippen LogP contribution >= 0.6 is 23.5 Å². The van der Waals surface area contributed by atoms with Gasteiger partial charge in [-0.25, -0.2) is 9.37 Å². The number of H-pyrrole nitrogens is 1. The number of carbonyl (C=O) groups is 1. The third-order valence-electron chi connectivity index (χ3n) is 3.77. The molecule has 7 heteroatoms. The Bertz CT molecular complexity index is 989. The summed E-state index contributed by atoms with van der Waals surface area (Å²) in [5, 5.41) is 1.04. The van der Waals surface area contributed by atoms with Gasteiger partial charge in [-0.15, -0.1) is 0 Å². The maximum Gasteiger partial charge on any atom is 0.255 e. The Morgan fingerprint density at radius 1 is 1.11 bits per heavy atom. The fraction of sp³-hybridized carbons (Fsp3) is 0.150. The highest BCUT2D eigenvalue weighted by molar-refractivity contribution is 8.00. The first-order valence-electron chi connectivity index (χ1n) is 8.34. The molecule has 0 radical (unpaired) electrons. The lowest BCUT2D eigenvalue weighted by Gasteiger charge is -2.08. The molecule has 3 rings (SSSR count). The molecule has 0 aliphatic rings. The third kappa shape index (κ3) is 5.08. The van der Waals surface area contributed by atoms with Crippen LogP contribution < -0.4 is 5.56 Å². The largest absolute Gasteiger partial charge is 0.301 e. The lowest BCUT2D eigenvalue weighted by atomic mass is 10.1. The molecule has 3 aromatic rings. The van der Waals surface area contributed by atoms with Gasteiger partial charge in [-0.2, -0.15) is 0 Å². The molecule has 1 aromatic heterocycles. The van der Waals surface area contributed by atoms with E-state index >= 15 is 0 Å². The van der Waals surface area contributed by atoms with Crippen molar-refractivity contribution in [1.82, 2.24) is 9.97 Å². The Hall–Kier alpha value is -2.38. The number of nitrogens with one attached hydrogen (secondary N) is 1. The number of hydrogen-bond donors (Lipinski definition) is 1. The van der Waals surface area contributed by atoms with Crippen molar-refractivity contribution in [2.45, 2.75) is 28.4 Å². The molecule has 138 valence electrons. The molecule has 0 bridgehead atoms. The molecule has 0 spiro atoms. The fourth-order valence-electron chi connectivity index (χ4n) is 2.38. The van der Waals surface area contributed by atoms with Crippen molar-refractivity contribution in [3.05, 3.63) is 81.9 Å². The summed E-state index contributed by atoms with van der Waals surface area (Å²) in [7, 11) is 0. The summed E-state index contributed by atoms with van der Waals surface area (Å²) in [6.45, 7) is 1.91. The van der Waals surface area contributed by atoms with Gasteiger partial charge in [-0.3, -0.25) is 9.59 Å². The van der Waals surface area contributed by atoms with Crippen LogP contribution in [0.25, 0.3) is 0 Å². The molecule has 2 aromatic carbocycles. The number of thioether (sulfide) groups is 1. The lowest BCUT2D eigenvalue weighted by Crippen LogP contribution is -2.16. The normalized spacial score (nSPS) is 10.7. The lowest BCUT2D eigenvalue weighted by molar-refractivity contribution is 0.102. The van der Waals surface area contributed by atoms with E-state index in [1.165, 1.54) is 36.0 Å². The predicted octanol–water partition coefficient (Wildman–Crippen LogP) is 4.60. The Labute approximate surface area is 164 Å². The fourth-order valence-corrected chi connectivity index (χ4v) is 4.20. The number of rotatable bonds is 7. The van der Waals surface area contributed by atoms with E-state index < -0.39 is 0 Å². The van der Waals surface area contributed by atoms with Gasteiger partial charge in [0.2, 0.25) is 0 Å². The molecule has 0 unspecified atom stereocenters. The van der Waals surface area contributed by atoms with Crippen molar-refractivity contribution in [3.8, 4) is 0 Å². The van der Waals surface area contributed by atoms with Crippen LogP contribution in [0.1, 0.15) is 22.8 Å². The van der Waals surface area contributed by atoms with Crippen LogP contribution in [0.5, 0.6) is 0 Å². The summed E-state index contributed by atoms with van der Waals surface area (Å²) in [5.74, 6) is -0.433. The van der Waals surface area contributed by atoms with Crippen molar-refractivity contribution in [1.29, 1.82) is 0 Å². The number of halogens is 1. The van der Waals surface area contributed by atoms with Crippen molar-refractivity contribution < 1.29 is 9.18 Å². The SMILES string of the molecule is CCc1c(Sc2ccccc2)nc(SCC(=O)c2ccc(F)cc2)[nH]c1=O.